The third-order valence-corrected chi connectivity index (χ3v) is 1.89. The summed E-state index contributed by atoms with van der Waals surface area (Å²) in [5.41, 5.74) is 0. The van der Waals surface area contributed by atoms with Crippen molar-refractivity contribution in [2.24, 2.45) is 0 Å². The first kappa shape index (κ1) is 11.5. The van der Waals surface area contributed by atoms with Crippen LogP contribution in [0.15, 0.2) is 47.1 Å². The van der Waals surface area contributed by atoms with Crippen LogP contribution in [0.1, 0.15) is 11.5 Å². The van der Waals surface area contributed by atoms with Gasteiger partial charge in [-0.1, -0.05) is 6.07 Å². The highest BCUT2D eigenvalue weighted by molar-refractivity contribution is 5.18. The molecule has 0 spiro atoms. The largest absolute Gasteiger partial charge is 1.00 e. The van der Waals surface area contributed by atoms with E-state index in [0.717, 1.165) is 5.76 Å². The summed E-state index contributed by atoms with van der Waals surface area (Å²) in [7, 11) is 0. The van der Waals surface area contributed by atoms with Crippen molar-refractivity contribution in [2.45, 2.75) is 6.54 Å². The monoisotopic (exact) mass is 264 g/mol. The Labute approximate surface area is 98.3 Å². The van der Waals surface area contributed by atoms with E-state index in [1.807, 2.05) is 47.3 Å². The average Bonchev–Trinajstić information content (AvgIpc) is 2.67. The van der Waals surface area contributed by atoms with Crippen LogP contribution in [0.3, 0.4) is 0 Å². The van der Waals surface area contributed by atoms with Crippen LogP contribution in [-0.4, -0.2) is 0 Å². The molecule has 76 valence electrons. The van der Waals surface area contributed by atoms with Crippen LogP contribution in [0.25, 0.3) is 0 Å². The van der Waals surface area contributed by atoms with E-state index in [2.05, 4.69) is 0 Å². The molecule has 3 nitrogen and oxygen atoms in total. The Hall–Kier alpha value is -1.60. The fourth-order valence-electron chi connectivity index (χ4n) is 1.24. The van der Waals surface area contributed by atoms with Gasteiger partial charge in [0.2, 0.25) is 12.3 Å². The minimum atomic E-state index is 0. The van der Waals surface area contributed by atoms with Crippen molar-refractivity contribution in [3.63, 3.8) is 0 Å². The van der Waals surface area contributed by atoms with Gasteiger partial charge in [0.15, 0.2) is 18.2 Å². The van der Waals surface area contributed by atoms with Crippen LogP contribution < -0.4 is 21.5 Å². The molecule has 15 heavy (non-hydrogen) atoms. The van der Waals surface area contributed by atoms with E-state index in [-0.39, 0.29) is 17.0 Å². The Bertz CT molecular complexity index is 459. The third kappa shape index (κ3) is 2.93. The fourth-order valence-corrected chi connectivity index (χ4v) is 1.24. The number of nitrogens with zero attached hydrogens (tertiary/aromatic N) is 2. The Morgan fingerprint density at radius 1 is 1.20 bits per heavy atom. The number of nitriles is 1. The van der Waals surface area contributed by atoms with Crippen molar-refractivity contribution in [3.05, 3.63) is 54.2 Å². The van der Waals surface area contributed by atoms with Gasteiger partial charge < -0.3 is 21.4 Å². The highest BCUT2D eigenvalue weighted by Gasteiger charge is 2.05. The third-order valence-electron chi connectivity index (χ3n) is 1.89. The zero-order valence-corrected chi connectivity index (χ0v) is 9.52. The van der Waals surface area contributed by atoms with E-state index in [9.17, 15) is 0 Å². The van der Waals surface area contributed by atoms with Crippen LogP contribution in [0.4, 0.5) is 0 Å². The maximum Gasteiger partial charge on any atom is 0.205 e. The molecule has 2 aromatic heterocycles. The van der Waals surface area contributed by atoms with Crippen LogP contribution in [0.5, 0.6) is 0 Å². The molecule has 0 bridgehead atoms. The van der Waals surface area contributed by atoms with Crippen molar-refractivity contribution in [2.75, 3.05) is 0 Å². The lowest BCUT2D eigenvalue weighted by atomic mass is 10.4. The number of hydrogen-bond donors (Lipinski definition) is 0. The van der Waals surface area contributed by atoms with Gasteiger partial charge in [-0.3, -0.25) is 0 Å². The van der Waals surface area contributed by atoms with E-state index in [1.165, 1.54) is 0 Å². The second-order valence-corrected chi connectivity index (χ2v) is 2.93. The van der Waals surface area contributed by atoms with Crippen molar-refractivity contribution in [3.8, 4) is 6.07 Å². The van der Waals surface area contributed by atoms with Gasteiger partial charge in [-0.2, -0.15) is 9.83 Å². The predicted octanol–water partition coefficient (Wildman–Crippen LogP) is -1.51. The summed E-state index contributed by atoms with van der Waals surface area (Å²) in [6, 6.07) is 11.3. The summed E-state index contributed by atoms with van der Waals surface area (Å²) < 4.78 is 7.24. The van der Waals surface area contributed by atoms with Gasteiger partial charge in [0, 0.05) is 12.1 Å². The van der Waals surface area contributed by atoms with Crippen molar-refractivity contribution >= 4 is 0 Å². The summed E-state index contributed by atoms with van der Waals surface area (Å²) in [6.45, 7) is 0.655. The Kier molecular flexibility index (Phi) is 4.07. The van der Waals surface area contributed by atoms with Gasteiger partial charge in [-0.25, -0.2) is 0 Å². The molecule has 0 aromatic carbocycles. The molecule has 0 aliphatic carbocycles. The molecule has 0 amide bonds. The molecule has 2 heterocycles. The molecule has 4 heteroatoms. The van der Waals surface area contributed by atoms with Gasteiger partial charge in [0.1, 0.15) is 6.07 Å². The average molecular weight is 265 g/mol. The first-order valence-electron chi connectivity index (χ1n) is 4.31. The number of aromatic nitrogens is 1. The zero-order chi connectivity index (χ0) is 9.80. The van der Waals surface area contributed by atoms with E-state index < -0.39 is 0 Å². The quantitative estimate of drug-likeness (QED) is 0.619. The number of furan rings is 1. The highest BCUT2D eigenvalue weighted by Crippen LogP contribution is 2.05. The van der Waals surface area contributed by atoms with Gasteiger partial charge in [-0.05, 0) is 12.1 Å². The molecule has 0 aliphatic rings. The lowest BCUT2D eigenvalue weighted by Crippen LogP contribution is -3.00. The molecule has 0 saturated heterocycles. The van der Waals surface area contributed by atoms with Gasteiger partial charge >= 0.3 is 0 Å². The molecule has 2 rings (SSSR count). The van der Waals surface area contributed by atoms with Crippen LogP contribution in [-0.2, 0) is 6.54 Å². The summed E-state index contributed by atoms with van der Waals surface area (Å²) in [6.07, 6.45) is 3.91. The fraction of sp³-hybridized carbons (Fsp3) is 0.0909. The maximum atomic E-state index is 8.57. The number of rotatable bonds is 2. The molecule has 0 unspecified atom stereocenters. The van der Waals surface area contributed by atoms with Crippen molar-refractivity contribution < 1.29 is 26.0 Å². The molecule has 0 aliphatic heterocycles. The van der Waals surface area contributed by atoms with Crippen molar-refractivity contribution in [1.29, 1.82) is 5.26 Å². The lowest BCUT2D eigenvalue weighted by molar-refractivity contribution is -0.690. The Morgan fingerprint density at radius 2 is 1.93 bits per heavy atom. The van der Waals surface area contributed by atoms with Gasteiger partial charge in [-0.15, -0.1) is 0 Å². The van der Waals surface area contributed by atoms with E-state index >= 15 is 0 Å². The summed E-state index contributed by atoms with van der Waals surface area (Å²) >= 11 is 0. The standard InChI is InChI=1S/C11H9N2O.BrH/c12-8-10-4-5-11(14-10)9-13-6-2-1-3-7-13;/h1-7H,9H2;1H/q+1;/p-1. The molecule has 0 radical (unpaired) electrons. The number of halogens is 1. The minimum absolute atomic E-state index is 0. The SMILES string of the molecule is N#Cc1ccc(C[n+]2ccccc2)o1.[Br-]. The van der Waals surface area contributed by atoms with E-state index in [0.29, 0.717) is 12.3 Å². The second kappa shape index (κ2) is 5.32. The van der Waals surface area contributed by atoms with Crippen molar-refractivity contribution in [1.82, 2.24) is 0 Å². The maximum absolute atomic E-state index is 8.57. The van der Waals surface area contributed by atoms with Crippen LogP contribution in [0, 0.1) is 11.3 Å². The zero-order valence-electron chi connectivity index (χ0n) is 7.93. The number of hydrogen-bond acceptors (Lipinski definition) is 2. The predicted molar refractivity (Wildman–Crippen MR) is 49.2 cm³/mol. The van der Waals surface area contributed by atoms with E-state index in [4.69, 9.17) is 9.68 Å². The smallest absolute Gasteiger partial charge is 0.205 e. The molecule has 0 saturated carbocycles. The molecule has 0 N–H and O–H groups in total. The summed E-state index contributed by atoms with van der Waals surface area (Å²) in [5.74, 6) is 1.15. The van der Waals surface area contributed by atoms with E-state index in [1.54, 1.807) is 6.07 Å². The molecular formula is C11H9BrN2O. The minimum Gasteiger partial charge on any atom is -1.00 e. The van der Waals surface area contributed by atoms with Crippen LogP contribution in [0.2, 0.25) is 0 Å². The first-order chi connectivity index (χ1) is 6.88. The first-order valence-corrected chi connectivity index (χ1v) is 4.31. The Balaban J connectivity index is 0.00000112. The summed E-state index contributed by atoms with van der Waals surface area (Å²) in [5, 5.41) is 8.57. The van der Waals surface area contributed by atoms with Crippen LogP contribution >= 0.6 is 0 Å². The van der Waals surface area contributed by atoms with Gasteiger partial charge in [0.05, 0.1) is 0 Å². The topological polar surface area (TPSA) is 40.8 Å². The highest BCUT2D eigenvalue weighted by atomic mass is 79.9. The lowest BCUT2D eigenvalue weighted by Gasteiger charge is -1.91. The van der Waals surface area contributed by atoms with Gasteiger partial charge in [0.25, 0.3) is 0 Å². The summed E-state index contributed by atoms with van der Waals surface area (Å²) in [4.78, 5) is 0. The molecule has 2 aromatic rings. The number of pyridine rings is 1. The molecular weight excluding hydrogens is 256 g/mol. The normalized spacial score (nSPS) is 9.00. The molecule has 0 fully saturated rings. The Morgan fingerprint density at radius 3 is 2.53 bits per heavy atom. The molecule has 0 atom stereocenters. The second-order valence-electron chi connectivity index (χ2n) is 2.93.